The van der Waals surface area contributed by atoms with Crippen molar-refractivity contribution in [3.8, 4) is 0 Å². The molecule has 88 valence electrons. The molecule has 0 spiro atoms. The maximum Gasteiger partial charge on any atom is 0.233 e. The van der Waals surface area contributed by atoms with Gasteiger partial charge in [-0.15, -0.1) is 11.3 Å². The molecular weight excluding hydrogens is 220 g/mol. The molecule has 2 rings (SSSR count). The summed E-state index contributed by atoms with van der Waals surface area (Å²) in [4.78, 5) is 14.0. The Hall–Kier alpha value is -0.870. The van der Waals surface area contributed by atoms with E-state index in [1.54, 1.807) is 11.3 Å². The Morgan fingerprint density at radius 1 is 1.50 bits per heavy atom. The molecule has 0 bridgehead atoms. The summed E-state index contributed by atoms with van der Waals surface area (Å²) in [6.45, 7) is 4.16. The van der Waals surface area contributed by atoms with Gasteiger partial charge in [0.1, 0.15) is 0 Å². The van der Waals surface area contributed by atoms with Crippen molar-refractivity contribution in [2.75, 3.05) is 13.1 Å². The van der Waals surface area contributed by atoms with E-state index in [9.17, 15) is 4.79 Å². The lowest BCUT2D eigenvalue weighted by molar-refractivity contribution is -0.120. The molecule has 1 heterocycles. The van der Waals surface area contributed by atoms with Crippen molar-refractivity contribution in [1.82, 2.24) is 10.6 Å². The van der Waals surface area contributed by atoms with Crippen molar-refractivity contribution in [1.29, 1.82) is 0 Å². The number of aryl methyl sites for hydroxylation is 1. The van der Waals surface area contributed by atoms with E-state index in [2.05, 4.69) is 29.7 Å². The van der Waals surface area contributed by atoms with Crippen LogP contribution in [0.3, 0.4) is 0 Å². The number of nitrogens with one attached hydrogen (secondary N) is 2. The molecular formula is C12H18N2OS. The molecule has 0 radical (unpaired) electrons. The number of thiophene rings is 1. The maximum atomic E-state index is 11.4. The standard InChI is InChI=1S/C12H18N2OS/c1-9-2-5-11(16-9)7-13-8-12(15)14-6-10-3-4-10/h2,5,10,13H,3-4,6-8H2,1H3,(H,14,15). The number of hydrogen-bond acceptors (Lipinski definition) is 3. The number of carbonyl (C=O) groups is 1. The van der Waals surface area contributed by atoms with Gasteiger partial charge in [0, 0.05) is 22.8 Å². The highest BCUT2D eigenvalue weighted by molar-refractivity contribution is 7.11. The summed E-state index contributed by atoms with van der Waals surface area (Å²) >= 11 is 1.77. The minimum Gasteiger partial charge on any atom is -0.355 e. The third-order valence-corrected chi connectivity index (χ3v) is 3.67. The van der Waals surface area contributed by atoms with Crippen LogP contribution in [-0.4, -0.2) is 19.0 Å². The SMILES string of the molecule is Cc1ccc(CNCC(=O)NCC2CC2)s1. The molecule has 1 aliphatic rings. The smallest absolute Gasteiger partial charge is 0.233 e. The average molecular weight is 238 g/mol. The predicted molar refractivity (Wildman–Crippen MR) is 66.5 cm³/mol. The Balaban J connectivity index is 1.57. The number of rotatable bonds is 6. The highest BCUT2D eigenvalue weighted by Gasteiger charge is 2.21. The van der Waals surface area contributed by atoms with Crippen LogP contribution >= 0.6 is 11.3 Å². The van der Waals surface area contributed by atoms with Crippen molar-refractivity contribution >= 4 is 17.2 Å². The van der Waals surface area contributed by atoms with Gasteiger partial charge in [-0.1, -0.05) is 0 Å². The van der Waals surface area contributed by atoms with Gasteiger partial charge in [-0.3, -0.25) is 4.79 Å². The number of hydrogen-bond donors (Lipinski definition) is 2. The summed E-state index contributed by atoms with van der Waals surface area (Å²) in [5.41, 5.74) is 0. The van der Waals surface area contributed by atoms with Crippen LogP contribution < -0.4 is 10.6 Å². The third-order valence-electron chi connectivity index (χ3n) is 2.67. The molecule has 4 heteroatoms. The maximum absolute atomic E-state index is 11.4. The fourth-order valence-electron chi connectivity index (χ4n) is 1.52. The first kappa shape index (κ1) is 11.6. The zero-order valence-corrected chi connectivity index (χ0v) is 10.4. The molecule has 1 aliphatic carbocycles. The molecule has 1 fully saturated rings. The zero-order valence-electron chi connectivity index (χ0n) is 9.58. The van der Waals surface area contributed by atoms with E-state index in [1.165, 1.54) is 22.6 Å². The first-order chi connectivity index (χ1) is 7.74. The van der Waals surface area contributed by atoms with Crippen molar-refractivity contribution in [3.63, 3.8) is 0 Å². The number of amides is 1. The molecule has 0 unspecified atom stereocenters. The molecule has 1 amide bonds. The molecule has 1 saturated carbocycles. The number of carbonyl (C=O) groups excluding carboxylic acids is 1. The Bertz CT molecular complexity index is 358. The van der Waals surface area contributed by atoms with Crippen LogP contribution in [0.1, 0.15) is 22.6 Å². The van der Waals surface area contributed by atoms with Gasteiger partial charge in [-0.2, -0.15) is 0 Å². The van der Waals surface area contributed by atoms with Gasteiger partial charge in [-0.25, -0.2) is 0 Å². The second kappa shape index (κ2) is 5.46. The van der Waals surface area contributed by atoms with E-state index < -0.39 is 0 Å². The monoisotopic (exact) mass is 238 g/mol. The summed E-state index contributed by atoms with van der Waals surface area (Å²) < 4.78 is 0. The van der Waals surface area contributed by atoms with Gasteiger partial charge in [0.2, 0.25) is 5.91 Å². The molecule has 0 aromatic carbocycles. The quantitative estimate of drug-likeness (QED) is 0.791. The van der Waals surface area contributed by atoms with Crippen LogP contribution in [0.2, 0.25) is 0 Å². The fourth-order valence-corrected chi connectivity index (χ4v) is 2.38. The summed E-state index contributed by atoms with van der Waals surface area (Å²) in [5.74, 6) is 0.865. The van der Waals surface area contributed by atoms with E-state index in [1.807, 2.05) is 0 Å². The van der Waals surface area contributed by atoms with Crippen LogP contribution in [0.25, 0.3) is 0 Å². The van der Waals surface area contributed by atoms with E-state index in [0.717, 1.165) is 19.0 Å². The summed E-state index contributed by atoms with van der Waals surface area (Å²) in [6.07, 6.45) is 2.56. The third kappa shape index (κ3) is 3.94. The molecule has 3 nitrogen and oxygen atoms in total. The molecule has 0 aliphatic heterocycles. The van der Waals surface area contributed by atoms with Crippen molar-refractivity contribution < 1.29 is 4.79 Å². The van der Waals surface area contributed by atoms with Gasteiger partial charge in [0.05, 0.1) is 6.54 Å². The van der Waals surface area contributed by atoms with E-state index in [-0.39, 0.29) is 5.91 Å². The largest absolute Gasteiger partial charge is 0.355 e. The van der Waals surface area contributed by atoms with Gasteiger partial charge in [0.15, 0.2) is 0 Å². The van der Waals surface area contributed by atoms with Gasteiger partial charge in [0.25, 0.3) is 0 Å². The Labute approximate surface area is 100 Å². The highest BCUT2D eigenvalue weighted by Crippen LogP contribution is 2.27. The molecule has 1 aromatic rings. The Morgan fingerprint density at radius 2 is 2.31 bits per heavy atom. The average Bonchev–Trinajstić information content (AvgIpc) is 2.99. The fraction of sp³-hybridized carbons (Fsp3) is 0.583. The topological polar surface area (TPSA) is 41.1 Å². The van der Waals surface area contributed by atoms with E-state index in [4.69, 9.17) is 0 Å². The lowest BCUT2D eigenvalue weighted by Crippen LogP contribution is -2.34. The normalized spacial score (nSPS) is 15.1. The lowest BCUT2D eigenvalue weighted by atomic mass is 10.4. The predicted octanol–water partition coefficient (Wildman–Crippen LogP) is 1.67. The zero-order chi connectivity index (χ0) is 11.4. The summed E-state index contributed by atoms with van der Waals surface area (Å²) in [5, 5.41) is 6.10. The van der Waals surface area contributed by atoms with Crippen LogP contribution in [-0.2, 0) is 11.3 Å². The Kier molecular flexibility index (Phi) is 3.96. The first-order valence-electron chi connectivity index (χ1n) is 5.77. The van der Waals surface area contributed by atoms with Crippen molar-refractivity contribution in [2.24, 2.45) is 5.92 Å². The van der Waals surface area contributed by atoms with Crippen molar-refractivity contribution in [2.45, 2.75) is 26.3 Å². The molecule has 16 heavy (non-hydrogen) atoms. The minimum absolute atomic E-state index is 0.111. The van der Waals surface area contributed by atoms with Crippen LogP contribution in [0, 0.1) is 12.8 Å². The molecule has 2 N–H and O–H groups in total. The Morgan fingerprint density at radius 3 is 2.94 bits per heavy atom. The molecule has 1 aromatic heterocycles. The second-order valence-electron chi connectivity index (χ2n) is 4.36. The minimum atomic E-state index is 0.111. The van der Waals surface area contributed by atoms with Gasteiger partial charge >= 0.3 is 0 Å². The van der Waals surface area contributed by atoms with E-state index in [0.29, 0.717) is 6.54 Å². The van der Waals surface area contributed by atoms with Gasteiger partial charge in [-0.05, 0) is 37.8 Å². The van der Waals surface area contributed by atoms with Crippen LogP contribution in [0.4, 0.5) is 0 Å². The summed E-state index contributed by atoms with van der Waals surface area (Å²) in [7, 11) is 0. The molecule has 0 saturated heterocycles. The van der Waals surface area contributed by atoms with Crippen LogP contribution in [0.15, 0.2) is 12.1 Å². The lowest BCUT2D eigenvalue weighted by Gasteiger charge is -2.04. The van der Waals surface area contributed by atoms with Crippen molar-refractivity contribution in [3.05, 3.63) is 21.9 Å². The van der Waals surface area contributed by atoms with Crippen LogP contribution in [0.5, 0.6) is 0 Å². The molecule has 0 atom stereocenters. The summed E-state index contributed by atoms with van der Waals surface area (Å²) in [6, 6.07) is 4.21. The highest BCUT2D eigenvalue weighted by atomic mass is 32.1. The first-order valence-corrected chi connectivity index (χ1v) is 6.58. The van der Waals surface area contributed by atoms with Gasteiger partial charge < -0.3 is 10.6 Å². The second-order valence-corrected chi connectivity index (χ2v) is 5.74. The van der Waals surface area contributed by atoms with E-state index >= 15 is 0 Å².